The molecule has 0 spiro atoms. The van der Waals surface area contributed by atoms with Gasteiger partial charge >= 0.3 is 0 Å². The quantitative estimate of drug-likeness (QED) is 0.395. The zero-order chi connectivity index (χ0) is 16.4. The van der Waals surface area contributed by atoms with Crippen LogP contribution in [0.3, 0.4) is 0 Å². The number of hydrogen-bond acceptors (Lipinski definition) is 6. The summed E-state index contributed by atoms with van der Waals surface area (Å²) in [7, 11) is 0. The molecule has 3 heterocycles. The van der Waals surface area contributed by atoms with Gasteiger partial charge in [0.2, 0.25) is 5.78 Å². The minimum Gasteiger partial charge on any atom is -0.287 e. The Hall–Kier alpha value is -2.70. The van der Waals surface area contributed by atoms with Crippen LogP contribution in [0.25, 0.3) is 27.0 Å². The highest BCUT2D eigenvalue weighted by Gasteiger charge is 2.09. The topological polar surface area (TPSA) is 55.7 Å². The van der Waals surface area contributed by atoms with Crippen molar-refractivity contribution in [1.82, 2.24) is 15.0 Å². The molecule has 0 aliphatic rings. The monoisotopic (exact) mass is 349 g/mol. The number of para-hydroxylation sites is 1. The number of thiazole rings is 2. The molecule has 0 unspecified atom stereocenters. The number of pyridine rings is 1. The number of benzene rings is 1. The lowest BCUT2D eigenvalue weighted by molar-refractivity contribution is 0.104. The predicted molar refractivity (Wildman–Crippen MR) is 98.3 cm³/mol. The number of ketones is 1. The molecule has 0 aliphatic heterocycles. The van der Waals surface area contributed by atoms with Gasteiger partial charge in [0.05, 0.1) is 21.6 Å². The fourth-order valence-corrected chi connectivity index (χ4v) is 3.83. The van der Waals surface area contributed by atoms with Gasteiger partial charge in [-0.15, -0.1) is 22.7 Å². The normalized spacial score (nSPS) is 11.3. The number of aromatic nitrogens is 3. The first-order valence-electron chi connectivity index (χ1n) is 7.24. The molecule has 3 aromatic heterocycles. The van der Waals surface area contributed by atoms with Crippen LogP contribution >= 0.6 is 22.7 Å². The van der Waals surface area contributed by atoms with E-state index in [1.54, 1.807) is 12.3 Å². The van der Waals surface area contributed by atoms with Crippen molar-refractivity contribution in [3.8, 4) is 10.7 Å². The van der Waals surface area contributed by atoms with Crippen LogP contribution in [0.1, 0.15) is 15.5 Å². The van der Waals surface area contributed by atoms with E-state index in [1.165, 1.54) is 28.7 Å². The highest BCUT2D eigenvalue weighted by Crippen LogP contribution is 2.24. The molecule has 0 aliphatic carbocycles. The van der Waals surface area contributed by atoms with Crippen molar-refractivity contribution in [2.24, 2.45) is 0 Å². The zero-order valence-electron chi connectivity index (χ0n) is 12.4. The molecule has 0 saturated heterocycles. The molecule has 0 bridgehead atoms. The highest BCUT2D eigenvalue weighted by atomic mass is 32.1. The van der Waals surface area contributed by atoms with Gasteiger partial charge in [-0.2, -0.15) is 0 Å². The number of hydrogen-bond donors (Lipinski definition) is 0. The number of rotatable bonds is 4. The summed E-state index contributed by atoms with van der Waals surface area (Å²) >= 11 is 2.91. The molecule has 4 nitrogen and oxygen atoms in total. The largest absolute Gasteiger partial charge is 0.287 e. The number of allylic oxidation sites excluding steroid dienone is 1. The molecule has 116 valence electrons. The van der Waals surface area contributed by atoms with Crippen LogP contribution in [0, 0.1) is 0 Å². The van der Waals surface area contributed by atoms with E-state index in [9.17, 15) is 4.79 Å². The van der Waals surface area contributed by atoms with Gasteiger partial charge in [0.1, 0.15) is 5.01 Å². The minimum absolute atomic E-state index is 0.108. The van der Waals surface area contributed by atoms with E-state index in [4.69, 9.17) is 0 Å². The lowest BCUT2D eigenvalue weighted by atomic mass is 10.3. The number of nitrogens with zero attached hydrogens (tertiary/aromatic N) is 3. The average Bonchev–Trinajstić information content (AvgIpc) is 3.27. The fourth-order valence-electron chi connectivity index (χ4n) is 2.18. The van der Waals surface area contributed by atoms with Crippen molar-refractivity contribution in [2.45, 2.75) is 0 Å². The summed E-state index contributed by atoms with van der Waals surface area (Å²) < 4.78 is 1.01. The van der Waals surface area contributed by atoms with Gasteiger partial charge in [0, 0.05) is 11.6 Å². The van der Waals surface area contributed by atoms with Gasteiger partial charge in [0.15, 0.2) is 5.01 Å². The standard InChI is InChI=1S/C18H11N3OS2/c22-15(18-21-13-5-1-2-7-16(13)24-18)9-8-12-11-23-17(20-12)14-6-3-4-10-19-14/h1-11H. The second kappa shape index (κ2) is 6.43. The molecule has 0 radical (unpaired) electrons. The Kier molecular flexibility index (Phi) is 3.98. The van der Waals surface area contributed by atoms with Crippen molar-refractivity contribution < 1.29 is 4.79 Å². The molecule has 0 amide bonds. The lowest BCUT2D eigenvalue weighted by Gasteiger charge is -1.91. The number of fused-ring (bicyclic) bond motifs is 1. The molecule has 4 aromatic rings. The summed E-state index contributed by atoms with van der Waals surface area (Å²) in [5.41, 5.74) is 2.43. The molecule has 0 N–H and O–H groups in total. The Morgan fingerprint density at radius 2 is 1.92 bits per heavy atom. The molecule has 6 heteroatoms. The van der Waals surface area contributed by atoms with Gasteiger partial charge in [0.25, 0.3) is 0 Å². The molecule has 0 fully saturated rings. The van der Waals surface area contributed by atoms with E-state index >= 15 is 0 Å². The van der Waals surface area contributed by atoms with E-state index in [2.05, 4.69) is 15.0 Å². The van der Waals surface area contributed by atoms with Crippen LogP contribution in [0.2, 0.25) is 0 Å². The van der Waals surface area contributed by atoms with E-state index in [-0.39, 0.29) is 5.78 Å². The van der Waals surface area contributed by atoms with Gasteiger partial charge < -0.3 is 0 Å². The smallest absolute Gasteiger partial charge is 0.214 e. The predicted octanol–water partition coefficient (Wildman–Crippen LogP) is 4.71. The van der Waals surface area contributed by atoms with Crippen molar-refractivity contribution in [1.29, 1.82) is 0 Å². The second-order valence-corrected chi connectivity index (χ2v) is 6.87. The molecule has 0 saturated carbocycles. The number of carbonyl (C=O) groups excluding carboxylic acids is 1. The third-order valence-electron chi connectivity index (χ3n) is 3.32. The Bertz CT molecular complexity index is 1000. The fraction of sp³-hybridized carbons (Fsp3) is 0. The second-order valence-electron chi connectivity index (χ2n) is 4.98. The molecule has 4 rings (SSSR count). The molecule has 24 heavy (non-hydrogen) atoms. The van der Waals surface area contributed by atoms with Crippen LogP contribution in [-0.4, -0.2) is 20.7 Å². The van der Waals surface area contributed by atoms with Crippen molar-refractivity contribution in [2.75, 3.05) is 0 Å². The van der Waals surface area contributed by atoms with Gasteiger partial charge in [-0.3, -0.25) is 9.78 Å². The summed E-state index contributed by atoms with van der Waals surface area (Å²) in [6.07, 6.45) is 4.98. The average molecular weight is 349 g/mol. The SMILES string of the molecule is O=C(C=Cc1csc(-c2ccccn2)n1)c1nc2ccccc2s1. The Morgan fingerprint density at radius 1 is 1.04 bits per heavy atom. The summed E-state index contributed by atoms with van der Waals surface area (Å²) in [6, 6.07) is 13.4. The van der Waals surface area contributed by atoms with Crippen molar-refractivity contribution in [3.63, 3.8) is 0 Å². The van der Waals surface area contributed by atoms with E-state index in [0.29, 0.717) is 5.01 Å². The Balaban J connectivity index is 1.54. The third-order valence-corrected chi connectivity index (χ3v) is 5.25. The molecular weight excluding hydrogens is 338 g/mol. The maximum absolute atomic E-state index is 12.3. The first-order chi connectivity index (χ1) is 11.8. The zero-order valence-corrected chi connectivity index (χ0v) is 14.1. The van der Waals surface area contributed by atoms with Crippen molar-refractivity contribution >= 4 is 44.7 Å². The molecule has 1 aromatic carbocycles. The van der Waals surface area contributed by atoms with Crippen molar-refractivity contribution in [3.05, 3.63) is 70.8 Å². The minimum atomic E-state index is -0.108. The summed E-state index contributed by atoms with van der Waals surface area (Å²) in [6.45, 7) is 0. The van der Waals surface area contributed by atoms with Gasteiger partial charge in [-0.1, -0.05) is 18.2 Å². The summed E-state index contributed by atoms with van der Waals surface area (Å²) in [5, 5.41) is 3.24. The Morgan fingerprint density at radius 3 is 2.75 bits per heavy atom. The van der Waals surface area contributed by atoms with Gasteiger partial charge in [-0.25, -0.2) is 9.97 Å². The third kappa shape index (κ3) is 3.02. The van der Waals surface area contributed by atoms with E-state index < -0.39 is 0 Å². The maximum Gasteiger partial charge on any atom is 0.214 e. The van der Waals surface area contributed by atoms with Gasteiger partial charge in [-0.05, 0) is 36.4 Å². The summed E-state index contributed by atoms with van der Waals surface area (Å²) in [5.74, 6) is -0.108. The van der Waals surface area contributed by atoms with Crippen LogP contribution in [0.5, 0.6) is 0 Å². The molecule has 0 atom stereocenters. The first kappa shape index (κ1) is 14.9. The molecular formula is C18H11N3OS2. The number of carbonyl (C=O) groups is 1. The lowest BCUT2D eigenvalue weighted by Crippen LogP contribution is -1.92. The van der Waals surface area contributed by atoms with Crippen LogP contribution in [0.15, 0.2) is 60.1 Å². The highest BCUT2D eigenvalue weighted by molar-refractivity contribution is 7.20. The van der Waals surface area contributed by atoms with Crippen LogP contribution < -0.4 is 0 Å². The Labute approximate surface area is 146 Å². The summed E-state index contributed by atoms with van der Waals surface area (Å²) in [4.78, 5) is 25.4. The maximum atomic E-state index is 12.3. The van der Waals surface area contributed by atoms with Crippen LogP contribution in [-0.2, 0) is 0 Å². The van der Waals surface area contributed by atoms with Crippen LogP contribution in [0.4, 0.5) is 0 Å². The van der Waals surface area contributed by atoms with E-state index in [1.807, 2.05) is 47.8 Å². The first-order valence-corrected chi connectivity index (χ1v) is 8.94. The van der Waals surface area contributed by atoms with E-state index in [0.717, 1.165) is 26.6 Å².